The zero-order valence-electron chi connectivity index (χ0n) is 15.8. The summed E-state index contributed by atoms with van der Waals surface area (Å²) < 4.78 is 10.7. The molecule has 10 heteroatoms. The summed E-state index contributed by atoms with van der Waals surface area (Å²) in [4.78, 5) is 37.0. The van der Waals surface area contributed by atoms with Gasteiger partial charge in [0.25, 0.3) is 11.2 Å². The molecule has 10 nitrogen and oxygen atoms in total. The Bertz CT molecular complexity index is 1170. The lowest BCUT2D eigenvalue weighted by Crippen LogP contribution is -2.35. The highest BCUT2D eigenvalue weighted by Gasteiger charge is 2.44. The quantitative estimate of drug-likeness (QED) is 0.522. The number of benzene rings is 1. The molecular weight excluding hydrogens is 380 g/mol. The minimum absolute atomic E-state index is 0.0424. The van der Waals surface area contributed by atoms with Gasteiger partial charge in [-0.15, -0.1) is 0 Å². The maximum atomic E-state index is 13.1. The molecule has 2 aliphatic heterocycles. The number of carbonyl (C=O) groups excluding carboxylic acids is 1. The second kappa shape index (κ2) is 5.72. The predicted molar refractivity (Wildman–Crippen MR) is 101 cm³/mol. The average Bonchev–Trinajstić information content (AvgIpc) is 3.24. The first-order valence-corrected chi connectivity index (χ1v) is 9.17. The van der Waals surface area contributed by atoms with Gasteiger partial charge in [0.15, 0.2) is 17.3 Å². The van der Waals surface area contributed by atoms with Crippen molar-refractivity contribution >= 4 is 17.3 Å². The minimum Gasteiger partial charge on any atom is -0.454 e. The lowest BCUT2D eigenvalue weighted by molar-refractivity contribution is -0.385. The van der Waals surface area contributed by atoms with Gasteiger partial charge in [-0.3, -0.25) is 29.9 Å². The largest absolute Gasteiger partial charge is 0.454 e. The normalized spacial score (nSPS) is 21.4. The predicted octanol–water partition coefficient (Wildman–Crippen LogP) is 2.54. The Balaban J connectivity index is 1.80. The average molecular weight is 398 g/mol. The Kier molecular flexibility index (Phi) is 3.46. The number of hydrogen-bond donors (Lipinski definition) is 3. The van der Waals surface area contributed by atoms with E-state index in [2.05, 4.69) is 15.5 Å². The molecule has 0 spiro atoms. The van der Waals surface area contributed by atoms with Crippen LogP contribution < -0.4 is 20.3 Å². The number of aromatic amines is 2. The molecule has 0 radical (unpaired) electrons. The summed E-state index contributed by atoms with van der Waals surface area (Å²) in [5.74, 6) is 0.0178. The number of allylic oxidation sites excluding steroid dienone is 2. The Morgan fingerprint density at radius 3 is 2.59 bits per heavy atom. The molecule has 0 saturated heterocycles. The highest BCUT2D eigenvalue weighted by atomic mass is 16.7. The third-order valence-electron chi connectivity index (χ3n) is 5.62. The lowest BCUT2D eigenvalue weighted by atomic mass is 9.69. The number of nitrogens with zero attached hydrogens (tertiary/aromatic N) is 1. The number of nitro benzene ring substituents is 1. The highest BCUT2D eigenvalue weighted by molar-refractivity contribution is 6.01. The second-order valence-corrected chi connectivity index (χ2v) is 8.28. The van der Waals surface area contributed by atoms with E-state index in [-0.39, 0.29) is 40.6 Å². The van der Waals surface area contributed by atoms with E-state index in [1.54, 1.807) is 0 Å². The first kappa shape index (κ1) is 17.5. The van der Waals surface area contributed by atoms with Crippen LogP contribution in [0.1, 0.15) is 43.7 Å². The number of H-pyrrole nitrogens is 2. The molecule has 1 atom stereocenters. The lowest BCUT2D eigenvalue weighted by Gasteiger charge is -2.37. The molecule has 2 aromatic rings. The molecule has 1 aromatic carbocycles. The summed E-state index contributed by atoms with van der Waals surface area (Å²) >= 11 is 0. The molecule has 1 unspecified atom stereocenters. The monoisotopic (exact) mass is 398 g/mol. The fraction of sp³-hybridized carbons (Fsp3) is 0.368. The van der Waals surface area contributed by atoms with E-state index in [9.17, 15) is 19.7 Å². The molecule has 1 aliphatic carbocycles. The van der Waals surface area contributed by atoms with E-state index in [0.29, 0.717) is 35.7 Å². The van der Waals surface area contributed by atoms with Gasteiger partial charge in [0.2, 0.25) is 6.79 Å². The van der Waals surface area contributed by atoms with E-state index >= 15 is 0 Å². The summed E-state index contributed by atoms with van der Waals surface area (Å²) in [6, 6.07) is 2.79. The number of hydrogen-bond acceptors (Lipinski definition) is 7. The van der Waals surface area contributed by atoms with Gasteiger partial charge >= 0.3 is 0 Å². The van der Waals surface area contributed by atoms with Gasteiger partial charge in [-0.1, -0.05) is 13.8 Å². The van der Waals surface area contributed by atoms with E-state index < -0.39 is 16.4 Å². The maximum absolute atomic E-state index is 13.1. The Labute approximate surface area is 164 Å². The van der Waals surface area contributed by atoms with Crippen LogP contribution in [0, 0.1) is 15.5 Å². The van der Waals surface area contributed by atoms with Crippen molar-refractivity contribution in [3.05, 3.63) is 55.0 Å². The molecular formula is C19H18N4O6. The number of anilines is 1. The van der Waals surface area contributed by atoms with E-state index in [0.717, 1.165) is 0 Å². The van der Waals surface area contributed by atoms with Crippen molar-refractivity contribution < 1.29 is 19.2 Å². The zero-order chi connectivity index (χ0) is 20.5. The Morgan fingerprint density at radius 1 is 1.14 bits per heavy atom. The van der Waals surface area contributed by atoms with Crippen LogP contribution in [0.15, 0.2) is 28.2 Å². The van der Waals surface area contributed by atoms with Crippen LogP contribution in [0.25, 0.3) is 0 Å². The number of fused-ring (bicyclic) bond motifs is 2. The van der Waals surface area contributed by atoms with Gasteiger partial charge in [0.1, 0.15) is 5.82 Å². The molecule has 0 bridgehead atoms. The summed E-state index contributed by atoms with van der Waals surface area (Å²) in [5, 5.41) is 20.3. The first-order chi connectivity index (χ1) is 13.7. The van der Waals surface area contributed by atoms with Crippen molar-refractivity contribution in [2.24, 2.45) is 5.41 Å². The zero-order valence-corrected chi connectivity index (χ0v) is 15.8. The number of nitrogens with one attached hydrogen (secondary N) is 3. The van der Waals surface area contributed by atoms with Gasteiger partial charge < -0.3 is 14.8 Å². The van der Waals surface area contributed by atoms with Crippen LogP contribution in [-0.4, -0.2) is 27.7 Å². The van der Waals surface area contributed by atoms with Gasteiger partial charge in [0.05, 0.1) is 22.5 Å². The highest BCUT2D eigenvalue weighted by Crippen LogP contribution is 2.51. The number of nitro groups is 1. The number of aromatic nitrogens is 2. The number of rotatable bonds is 2. The maximum Gasteiger partial charge on any atom is 0.277 e. The molecule has 5 rings (SSSR count). The van der Waals surface area contributed by atoms with Gasteiger partial charge in [-0.05, 0) is 17.9 Å². The van der Waals surface area contributed by atoms with E-state index in [1.165, 1.54) is 12.1 Å². The molecule has 3 aliphatic rings. The minimum atomic E-state index is -0.880. The third kappa shape index (κ3) is 2.55. The summed E-state index contributed by atoms with van der Waals surface area (Å²) in [6.07, 6.45) is 0.871. The fourth-order valence-electron chi connectivity index (χ4n) is 4.47. The number of ketones is 1. The van der Waals surface area contributed by atoms with Crippen molar-refractivity contribution in [1.29, 1.82) is 0 Å². The topological polar surface area (TPSA) is 139 Å². The molecule has 3 N–H and O–H groups in total. The number of Topliss-reactive ketones (excluding diaryl/α,β-unsaturated/α-hetero) is 1. The Hall–Kier alpha value is -3.56. The van der Waals surface area contributed by atoms with E-state index in [4.69, 9.17) is 9.47 Å². The molecule has 1 aromatic heterocycles. The molecule has 0 amide bonds. The van der Waals surface area contributed by atoms with Crippen LogP contribution in [0.4, 0.5) is 11.5 Å². The van der Waals surface area contributed by atoms with Crippen LogP contribution in [0.3, 0.4) is 0 Å². The number of carbonyl (C=O) groups is 1. The second-order valence-electron chi connectivity index (χ2n) is 8.28. The molecule has 150 valence electrons. The summed E-state index contributed by atoms with van der Waals surface area (Å²) in [7, 11) is 0. The van der Waals surface area contributed by atoms with Crippen molar-refractivity contribution in [3.63, 3.8) is 0 Å². The molecule has 0 fully saturated rings. The molecule has 3 heterocycles. The van der Waals surface area contributed by atoms with Gasteiger partial charge in [-0.25, -0.2) is 0 Å². The molecule has 0 saturated carbocycles. The molecule has 29 heavy (non-hydrogen) atoms. The number of ether oxygens (including phenoxy) is 2. The van der Waals surface area contributed by atoms with Crippen molar-refractivity contribution in [2.45, 2.75) is 32.6 Å². The summed E-state index contributed by atoms with van der Waals surface area (Å²) in [5.41, 5.74) is 0.620. The fourth-order valence-corrected chi connectivity index (χ4v) is 4.47. The summed E-state index contributed by atoms with van der Waals surface area (Å²) in [6.45, 7) is 3.94. The SMILES string of the molecule is CC1(C)CC(=O)C2=C(C1)Nc1[nH][nH]c(=O)c1C2c1cc2c(cc1[N+](=O)[O-])OCO2. The first-order valence-electron chi connectivity index (χ1n) is 9.17. The van der Waals surface area contributed by atoms with Crippen LogP contribution in [-0.2, 0) is 4.79 Å². The van der Waals surface area contributed by atoms with E-state index in [1.807, 2.05) is 13.8 Å². The van der Waals surface area contributed by atoms with Gasteiger partial charge in [0, 0.05) is 23.3 Å². The van der Waals surface area contributed by atoms with Crippen LogP contribution in [0.2, 0.25) is 0 Å². The Morgan fingerprint density at radius 2 is 1.86 bits per heavy atom. The van der Waals surface area contributed by atoms with Crippen molar-refractivity contribution in [2.75, 3.05) is 12.1 Å². The van der Waals surface area contributed by atoms with Crippen LogP contribution in [0.5, 0.6) is 11.5 Å². The van der Waals surface area contributed by atoms with Gasteiger partial charge in [-0.2, -0.15) is 0 Å². The smallest absolute Gasteiger partial charge is 0.277 e. The van der Waals surface area contributed by atoms with Crippen LogP contribution >= 0.6 is 0 Å². The third-order valence-corrected chi connectivity index (χ3v) is 5.62. The standard InChI is InChI=1S/C19H18N4O6/c1-19(2)5-9-15(11(24)6-19)14(16-17(20-9)21-22-18(16)25)8-3-12-13(29-7-28-12)4-10(8)23(26)27/h3-4,14H,5-7H2,1-2H3,(H3,20,21,22,25). The van der Waals surface area contributed by atoms with Crippen molar-refractivity contribution in [1.82, 2.24) is 10.2 Å². The van der Waals surface area contributed by atoms with Crippen molar-refractivity contribution in [3.8, 4) is 11.5 Å².